The Bertz CT molecular complexity index is 716. The number of carbonyl (C=O) groups is 1. The van der Waals surface area contributed by atoms with Crippen LogP contribution in [0.3, 0.4) is 0 Å². The van der Waals surface area contributed by atoms with E-state index in [-0.39, 0.29) is 36.5 Å². The molecule has 2 heterocycles. The highest BCUT2D eigenvalue weighted by molar-refractivity contribution is 5.80. The molecule has 0 aliphatic carbocycles. The van der Waals surface area contributed by atoms with Crippen molar-refractivity contribution in [1.29, 1.82) is 5.26 Å². The molecule has 0 saturated carbocycles. The van der Waals surface area contributed by atoms with Gasteiger partial charge in [-0.25, -0.2) is 13.8 Å². The van der Waals surface area contributed by atoms with Crippen molar-refractivity contribution in [2.45, 2.75) is 50.7 Å². The van der Waals surface area contributed by atoms with Crippen molar-refractivity contribution in [2.75, 3.05) is 13.2 Å². The Balaban J connectivity index is 1.87. The molecule has 1 aromatic heterocycles. The highest BCUT2D eigenvalue weighted by Gasteiger charge is 2.36. The second-order valence-electron chi connectivity index (χ2n) is 6.96. The molecule has 1 amide bonds. The summed E-state index contributed by atoms with van der Waals surface area (Å²) in [5.41, 5.74) is -0.766. The lowest BCUT2D eigenvalue weighted by molar-refractivity contribution is -0.131. The van der Waals surface area contributed by atoms with Gasteiger partial charge < -0.3 is 15.0 Å². The van der Waals surface area contributed by atoms with Gasteiger partial charge in [0, 0.05) is 23.4 Å². The van der Waals surface area contributed by atoms with Crippen LogP contribution in [0.4, 0.5) is 8.78 Å². The van der Waals surface area contributed by atoms with Crippen LogP contribution in [0.25, 0.3) is 0 Å². The van der Waals surface area contributed by atoms with Gasteiger partial charge in [-0.15, -0.1) is 6.42 Å². The van der Waals surface area contributed by atoms with Gasteiger partial charge in [0.05, 0.1) is 18.7 Å². The molecule has 2 atom stereocenters. The van der Waals surface area contributed by atoms with Crippen LogP contribution in [0.15, 0.2) is 18.3 Å². The summed E-state index contributed by atoms with van der Waals surface area (Å²) in [6.45, 7) is 3.84. The number of carbonyl (C=O) groups excluding carboxylic acids is 1. The Morgan fingerprint density at radius 3 is 2.74 bits per heavy atom. The van der Waals surface area contributed by atoms with Crippen molar-refractivity contribution >= 4 is 5.91 Å². The number of nitrogens with one attached hydrogen (secondary N) is 1. The highest BCUT2D eigenvalue weighted by atomic mass is 19.3. The predicted molar refractivity (Wildman–Crippen MR) is 94.9 cm³/mol. The number of aromatic nitrogens is 1. The van der Waals surface area contributed by atoms with Crippen LogP contribution in [-0.2, 0) is 4.79 Å². The number of likely N-dealkylation sites (tertiary alicyclic amines) is 1. The third-order valence-corrected chi connectivity index (χ3v) is 4.32. The molecule has 2 rings (SSSR count). The number of hydrogen-bond acceptors (Lipinski definition) is 5. The Hall–Kier alpha value is -2.71. The molecule has 27 heavy (non-hydrogen) atoms. The lowest BCUT2D eigenvalue weighted by Gasteiger charge is -2.29. The SMILES string of the molecule is C#C[C@H]1CC[C@@H](C#N)N1C(=O)CNC(C)(C)COc1ccc(C(F)F)cn1. The Kier molecular flexibility index (Phi) is 6.70. The van der Waals surface area contributed by atoms with Crippen LogP contribution < -0.4 is 10.1 Å². The molecule has 1 N–H and O–H groups in total. The lowest BCUT2D eigenvalue weighted by atomic mass is 10.1. The van der Waals surface area contributed by atoms with E-state index in [9.17, 15) is 18.8 Å². The monoisotopic (exact) mass is 376 g/mol. The Morgan fingerprint density at radius 2 is 2.19 bits per heavy atom. The standard InChI is InChI=1S/C19H22F2N4O2/c1-4-14-6-7-15(9-22)25(14)17(26)11-24-19(2,3)12-27-16-8-5-13(10-23-16)18(20)21/h1,5,8,10,14-15,18,24H,6-7,11-12H2,2-3H3/t14-,15-/m0/s1. The van der Waals surface area contributed by atoms with E-state index < -0.39 is 18.0 Å². The first-order valence-electron chi connectivity index (χ1n) is 8.56. The van der Waals surface area contributed by atoms with Gasteiger partial charge in [0.15, 0.2) is 0 Å². The summed E-state index contributed by atoms with van der Waals surface area (Å²) < 4.78 is 30.6. The number of hydrogen-bond donors (Lipinski definition) is 1. The highest BCUT2D eigenvalue weighted by Crippen LogP contribution is 2.23. The smallest absolute Gasteiger partial charge is 0.265 e. The number of ether oxygens (including phenoxy) is 1. The summed E-state index contributed by atoms with van der Waals surface area (Å²) in [6.07, 6.45) is 5.14. The summed E-state index contributed by atoms with van der Waals surface area (Å²) >= 11 is 0. The fourth-order valence-electron chi connectivity index (χ4n) is 2.77. The van der Waals surface area contributed by atoms with Crippen molar-refractivity contribution in [2.24, 2.45) is 0 Å². The maximum atomic E-state index is 12.5. The number of amides is 1. The molecular weight excluding hydrogens is 354 g/mol. The molecule has 8 heteroatoms. The number of nitriles is 1. The minimum absolute atomic E-state index is 0.00443. The van der Waals surface area contributed by atoms with E-state index in [0.717, 1.165) is 6.20 Å². The molecule has 0 aromatic carbocycles. The number of alkyl halides is 2. The third-order valence-electron chi connectivity index (χ3n) is 4.32. The molecule has 0 spiro atoms. The zero-order chi connectivity index (χ0) is 20.0. The minimum atomic E-state index is -2.58. The number of nitrogens with zero attached hydrogens (tertiary/aromatic N) is 3. The molecule has 6 nitrogen and oxygen atoms in total. The second-order valence-corrected chi connectivity index (χ2v) is 6.96. The normalized spacial score (nSPS) is 19.6. The Morgan fingerprint density at radius 1 is 1.48 bits per heavy atom. The summed E-state index contributed by atoms with van der Waals surface area (Å²) in [4.78, 5) is 17.8. The van der Waals surface area contributed by atoms with Gasteiger partial charge in [0.2, 0.25) is 11.8 Å². The van der Waals surface area contributed by atoms with Crippen LogP contribution in [-0.4, -0.2) is 46.6 Å². The van der Waals surface area contributed by atoms with Gasteiger partial charge in [-0.3, -0.25) is 4.79 Å². The Labute approximate surface area is 157 Å². The predicted octanol–water partition coefficient (Wildman–Crippen LogP) is 2.28. The van der Waals surface area contributed by atoms with Crippen molar-refractivity contribution in [3.05, 3.63) is 23.9 Å². The van der Waals surface area contributed by atoms with E-state index in [1.165, 1.54) is 17.0 Å². The van der Waals surface area contributed by atoms with E-state index in [0.29, 0.717) is 12.8 Å². The van der Waals surface area contributed by atoms with Crippen molar-refractivity contribution in [3.8, 4) is 24.3 Å². The van der Waals surface area contributed by atoms with Crippen LogP contribution >= 0.6 is 0 Å². The zero-order valence-electron chi connectivity index (χ0n) is 15.3. The van der Waals surface area contributed by atoms with Gasteiger partial charge in [-0.05, 0) is 32.8 Å². The van der Waals surface area contributed by atoms with Gasteiger partial charge >= 0.3 is 0 Å². The summed E-state index contributed by atoms with van der Waals surface area (Å²) in [5.74, 6) is 2.53. The van der Waals surface area contributed by atoms with E-state index >= 15 is 0 Å². The molecule has 0 unspecified atom stereocenters. The van der Waals surface area contributed by atoms with E-state index in [2.05, 4.69) is 22.3 Å². The summed E-state index contributed by atoms with van der Waals surface area (Å²) in [7, 11) is 0. The van der Waals surface area contributed by atoms with Gasteiger partial charge in [-0.2, -0.15) is 5.26 Å². The topological polar surface area (TPSA) is 78.2 Å². The molecular formula is C19H22F2N4O2. The first-order valence-corrected chi connectivity index (χ1v) is 8.56. The minimum Gasteiger partial charge on any atom is -0.476 e. The van der Waals surface area contributed by atoms with Crippen molar-refractivity contribution < 1.29 is 18.3 Å². The zero-order valence-corrected chi connectivity index (χ0v) is 15.3. The van der Waals surface area contributed by atoms with Crippen LogP contribution in [0.5, 0.6) is 5.88 Å². The first kappa shape index (κ1) is 20.6. The molecule has 0 bridgehead atoms. The fourth-order valence-corrected chi connectivity index (χ4v) is 2.77. The van der Waals surface area contributed by atoms with Gasteiger partial charge in [-0.1, -0.05) is 5.92 Å². The lowest BCUT2D eigenvalue weighted by Crippen LogP contribution is -2.51. The van der Waals surface area contributed by atoms with E-state index in [1.807, 2.05) is 13.8 Å². The molecule has 1 aromatic rings. The number of halogens is 2. The second kappa shape index (κ2) is 8.79. The van der Waals surface area contributed by atoms with Gasteiger partial charge in [0.1, 0.15) is 12.6 Å². The molecule has 1 aliphatic heterocycles. The average Bonchev–Trinajstić information content (AvgIpc) is 3.08. The number of terminal acetylenes is 1. The first-order chi connectivity index (χ1) is 12.8. The van der Waals surface area contributed by atoms with Crippen LogP contribution in [0.1, 0.15) is 38.7 Å². The molecule has 1 saturated heterocycles. The van der Waals surface area contributed by atoms with E-state index in [1.54, 1.807) is 0 Å². The number of pyridine rings is 1. The van der Waals surface area contributed by atoms with Crippen molar-refractivity contribution in [3.63, 3.8) is 0 Å². The summed E-state index contributed by atoms with van der Waals surface area (Å²) in [5, 5.41) is 12.3. The average molecular weight is 376 g/mol. The molecule has 1 aliphatic rings. The van der Waals surface area contributed by atoms with Crippen LogP contribution in [0.2, 0.25) is 0 Å². The molecule has 0 radical (unpaired) electrons. The fraction of sp³-hybridized carbons (Fsp3) is 0.526. The largest absolute Gasteiger partial charge is 0.476 e. The maximum absolute atomic E-state index is 12.5. The number of rotatable bonds is 7. The third kappa shape index (κ3) is 5.38. The molecule has 144 valence electrons. The van der Waals surface area contributed by atoms with Crippen LogP contribution in [0, 0.1) is 23.7 Å². The maximum Gasteiger partial charge on any atom is 0.265 e. The quantitative estimate of drug-likeness (QED) is 0.739. The van der Waals surface area contributed by atoms with Crippen molar-refractivity contribution in [1.82, 2.24) is 15.2 Å². The van der Waals surface area contributed by atoms with Gasteiger partial charge in [0.25, 0.3) is 6.43 Å². The van der Waals surface area contributed by atoms with E-state index in [4.69, 9.17) is 11.2 Å². The molecule has 1 fully saturated rings. The summed E-state index contributed by atoms with van der Waals surface area (Å²) in [6, 6.07) is 3.88.